The van der Waals surface area contributed by atoms with E-state index in [4.69, 9.17) is 0 Å². The second-order valence-electron chi connectivity index (χ2n) is 14.2. The highest BCUT2D eigenvalue weighted by Gasteiger charge is 2.76. The molecule has 3 N–H and O–H groups in total. The summed E-state index contributed by atoms with van der Waals surface area (Å²) in [7, 11) is 0. The van der Waals surface area contributed by atoms with E-state index in [9.17, 15) is 19.5 Å². The maximum atomic E-state index is 14.5. The molecule has 3 fully saturated rings. The van der Waals surface area contributed by atoms with Crippen molar-refractivity contribution in [3.8, 4) is 0 Å². The molecule has 7 nitrogen and oxygen atoms in total. The van der Waals surface area contributed by atoms with E-state index >= 15 is 0 Å². The van der Waals surface area contributed by atoms with E-state index in [1.54, 1.807) is 16.7 Å². The number of hydrogen-bond acceptors (Lipinski definition) is 5. The summed E-state index contributed by atoms with van der Waals surface area (Å²) in [6.07, 6.45) is 2.32. The van der Waals surface area contributed by atoms with Crippen molar-refractivity contribution in [2.45, 2.75) is 109 Å². The molecule has 2 bridgehead atoms. The maximum absolute atomic E-state index is 14.5. The lowest BCUT2D eigenvalue weighted by Gasteiger charge is -2.43. The Morgan fingerprint density at radius 2 is 1.80 bits per heavy atom. The molecule has 40 heavy (non-hydrogen) atoms. The zero-order chi connectivity index (χ0) is 29.6. The van der Waals surface area contributed by atoms with Crippen LogP contribution in [-0.4, -0.2) is 62.0 Å². The van der Waals surface area contributed by atoms with Gasteiger partial charge in [-0.05, 0) is 49.5 Å². The van der Waals surface area contributed by atoms with Crippen molar-refractivity contribution in [2.24, 2.45) is 29.1 Å². The van der Waals surface area contributed by atoms with Crippen LogP contribution >= 0.6 is 11.8 Å². The molecule has 4 rings (SSSR count). The van der Waals surface area contributed by atoms with Crippen LogP contribution in [0.4, 0.5) is 0 Å². The summed E-state index contributed by atoms with van der Waals surface area (Å²) in [4.78, 5) is 44.3. The SMILES string of the molecule is CC[C@H](C)[C@H](CO)N1C(=O)[C@@H]2[C@@H](C(=O)NCc3ccccc3)[C@H]3CC(C)C2(S3)C1C(=O)NC(C)(C)CC(C)(C)C. The highest BCUT2D eigenvalue weighted by Crippen LogP contribution is 2.69. The number of aliphatic hydroxyl groups excluding tert-OH is 1. The van der Waals surface area contributed by atoms with Gasteiger partial charge < -0.3 is 20.6 Å². The summed E-state index contributed by atoms with van der Waals surface area (Å²) in [6, 6.07) is 8.54. The fourth-order valence-electron chi connectivity index (χ4n) is 7.91. The summed E-state index contributed by atoms with van der Waals surface area (Å²) >= 11 is 1.68. The number of aliphatic hydroxyl groups is 1. The first-order chi connectivity index (χ1) is 18.7. The Morgan fingerprint density at radius 3 is 2.38 bits per heavy atom. The molecule has 0 saturated carbocycles. The summed E-state index contributed by atoms with van der Waals surface area (Å²) < 4.78 is -0.709. The quantitative estimate of drug-likeness (QED) is 0.387. The number of fused-ring (bicyclic) bond motifs is 1. The van der Waals surface area contributed by atoms with Gasteiger partial charge in [-0.3, -0.25) is 14.4 Å². The van der Waals surface area contributed by atoms with Gasteiger partial charge in [0.2, 0.25) is 17.7 Å². The van der Waals surface area contributed by atoms with Crippen molar-refractivity contribution in [3.05, 3.63) is 35.9 Å². The molecule has 1 aromatic carbocycles. The molecule has 1 spiro atoms. The van der Waals surface area contributed by atoms with Crippen LogP contribution in [0.2, 0.25) is 0 Å². The summed E-state index contributed by atoms with van der Waals surface area (Å²) in [5.74, 6) is -1.46. The molecular formula is C32H49N3O4S. The Morgan fingerprint density at radius 1 is 1.15 bits per heavy atom. The van der Waals surface area contributed by atoms with E-state index in [0.29, 0.717) is 6.54 Å². The third-order valence-electron chi connectivity index (χ3n) is 9.32. The van der Waals surface area contributed by atoms with Crippen LogP contribution in [0, 0.1) is 29.1 Å². The van der Waals surface area contributed by atoms with Crippen molar-refractivity contribution < 1.29 is 19.5 Å². The average molecular weight is 572 g/mol. The largest absolute Gasteiger partial charge is 0.394 e. The molecule has 3 saturated heterocycles. The van der Waals surface area contributed by atoms with E-state index < -0.39 is 34.2 Å². The van der Waals surface area contributed by atoms with Crippen molar-refractivity contribution >= 4 is 29.5 Å². The van der Waals surface area contributed by atoms with Gasteiger partial charge in [0, 0.05) is 17.3 Å². The zero-order valence-corrected chi connectivity index (χ0v) is 26.3. The molecule has 0 radical (unpaired) electrons. The molecule has 0 aromatic heterocycles. The normalized spacial score (nSPS) is 31.2. The lowest BCUT2D eigenvalue weighted by molar-refractivity contribution is -0.144. The Labute approximate surface area is 244 Å². The second-order valence-corrected chi connectivity index (χ2v) is 15.8. The van der Waals surface area contributed by atoms with Gasteiger partial charge in [-0.1, -0.05) is 78.3 Å². The molecule has 1 aromatic rings. The molecular weight excluding hydrogens is 522 g/mol. The second kappa shape index (κ2) is 11.3. The van der Waals surface area contributed by atoms with Crippen LogP contribution in [-0.2, 0) is 20.9 Å². The summed E-state index contributed by atoms with van der Waals surface area (Å²) in [6.45, 7) is 16.9. The van der Waals surface area contributed by atoms with E-state index in [1.807, 2.05) is 58.0 Å². The lowest BCUT2D eigenvalue weighted by Crippen LogP contribution is -2.62. The first kappa shape index (κ1) is 30.9. The number of amides is 3. The Bertz CT molecular complexity index is 1100. The lowest BCUT2D eigenvalue weighted by atomic mass is 9.65. The van der Waals surface area contributed by atoms with E-state index in [2.05, 4.69) is 38.3 Å². The number of thioether (sulfide) groups is 1. The minimum Gasteiger partial charge on any atom is -0.394 e. The Kier molecular flexibility index (Phi) is 8.74. The van der Waals surface area contributed by atoms with Crippen molar-refractivity contribution in [1.29, 1.82) is 0 Å². The van der Waals surface area contributed by atoms with Gasteiger partial charge in [-0.15, -0.1) is 11.8 Å². The highest BCUT2D eigenvalue weighted by atomic mass is 32.2. The summed E-state index contributed by atoms with van der Waals surface area (Å²) in [5, 5.41) is 17.0. The van der Waals surface area contributed by atoms with Crippen molar-refractivity contribution in [3.63, 3.8) is 0 Å². The number of carbonyl (C=O) groups is 3. The van der Waals surface area contributed by atoms with Crippen molar-refractivity contribution in [2.75, 3.05) is 6.61 Å². The monoisotopic (exact) mass is 571 g/mol. The molecule has 3 aliphatic rings. The molecule has 3 aliphatic heterocycles. The molecule has 3 amide bonds. The third-order valence-corrected chi connectivity index (χ3v) is 11.4. The van der Waals surface area contributed by atoms with Gasteiger partial charge in [-0.25, -0.2) is 0 Å². The van der Waals surface area contributed by atoms with Crippen molar-refractivity contribution in [1.82, 2.24) is 15.5 Å². The molecule has 3 heterocycles. The molecule has 8 heteroatoms. The topological polar surface area (TPSA) is 98.7 Å². The van der Waals surface area contributed by atoms with E-state index in [-0.39, 0.29) is 46.8 Å². The van der Waals surface area contributed by atoms with Gasteiger partial charge >= 0.3 is 0 Å². The van der Waals surface area contributed by atoms with Gasteiger partial charge in [-0.2, -0.15) is 0 Å². The average Bonchev–Trinajstić information content (AvgIpc) is 3.45. The number of rotatable bonds is 10. The fraction of sp³-hybridized carbons (Fsp3) is 0.719. The van der Waals surface area contributed by atoms with E-state index in [0.717, 1.165) is 24.8 Å². The Hall–Kier alpha value is -2.06. The van der Waals surface area contributed by atoms with Gasteiger partial charge in [0.25, 0.3) is 0 Å². The number of carbonyl (C=O) groups excluding carboxylic acids is 3. The molecule has 8 atom stereocenters. The minimum atomic E-state index is -0.743. The molecule has 222 valence electrons. The van der Waals surface area contributed by atoms with Crippen LogP contribution in [0.15, 0.2) is 30.3 Å². The molecule has 0 aliphatic carbocycles. The standard InChI is InChI=1S/C32H49N3O4S/c1-9-19(2)22(17-36)35-26(28(38)34-31(7,8)18-30(4,5)6)32-20(3)15-23(40-32)24(25(32)29(35)39)27(37)33-16-21-13-11-10-12-14-21/h10-14,19-20,22-26,36H,9,15-18H2,1-8H3,(H,33,37)(H,34,38)/t19-,20?,22-,23+,24-,25-,26?,32?/m0/s1. The van der Waals surface area contributed by atoms with Gasteiger partial charge in [0.05, 0.1) is 29.2 Å². The Balaban J connectivity index is 1.71. The summed E-state index contributed by atoms with van der Waals surface area (Å²) in [5.41, 5.74) is 0.522. The van der Waals surface area contributed by atoms with Crippen LogP contribution in [0.1, 0.15) is 80.2 Å². The first-order valence-corrected chi connectivity index (χ1v) is 15.8. The van der Waals surface area contributed by atoms with Crippen LogP contribution < -0.4 is 10.6 Å². The number of nitrogens with one attached hydrogen (secondary N) is 2. The predicted octanol–water partition coefficient (Wildman–Crippen LogP) is 4.38. The van der Waals surface area contributed by atoms with Gasteiger partial charge in [0.15, 0.2) is 0 Å². The number of benzene rings is 1. The third kappa shape index (κ3) is 5.55. The van der Waals surface area contributed by atoms with Gasteiger partial charge in [0.1, 0.15) is 6.04 Å². The fourth-order valence-corrected chi connectivity index (χ4v) is 10.3. The van der Waals surface area contributed by atoms with Crippen LogP contribution in [0.25, 0.3) is 0 Å². The minimum absolute atomic E-state index is 0.00291. The maximum Gasteiger partial charge on any atom is 0.244 e. The number of likely N-dealkylation sites (tertiary alicyclic amines) is 1. The number of hydrogen-bond donors (Lipinski definition) is 3. The molecule has 3 unspecified atom stereocenters. The number of nitrogens with zero attached hydrogens (tertiary/aromatic N) is 1. The highest BCUT2D eigenvalue weighted by molar-refractivity contribution is 8.02. The smallest absolute Gasteiger partial charge is 0.244 e. The van der Waals surface area contributed by atoms with Crippen LogP contribution in [0.5, 0.6) is 0 Å². The van der Waals surface area contributed by atoms with Crippen LogP contribution in [0.3, 0.4) is 0 Å². The first-order valence-electron chi connectivity index (χ1n) is 14.9. The predicted molar refractivity (Wildman–Crippen MR) is 160 cm³/mol. The zero-order valence-electron chi connectivity index (χ0n) is 25.5. The van der Waals surface area contributed by atoms with E-state index in [1.165, 1.54) is 0 Å².